The Balaban J connectivity index is 1.78. The smallest absolute Gasteiger partial charge is 0.339 e. The molecule has 0 atom stereocenters. The van der Waals surface area contributed by atoms with Crippen LogP contribution in [0.15, 0.2) is 54.6 Å². The Labute approximate surface area is 141 Å². The molecule has 2 aromatic carbocycles. The Morgan fingerprint density at radius 3 is 2.54 bits per heavy atom. The van der Waals surface area contributed by atoms with E-state index in [0.29, 0.717) is 10.9 Å². The van der Waals surface area contributed by atoms with Crippen LogP contribution in [-0.2, 0) is 4.74 Å². The zero-order chi connectivity index (χ0) is 17.1. The van der Waals surface area contributed by atoms with E-state index in [1.807, 2.05) is 0 Å². The summed E-state index contributed by atoms with van der Waals surface area (Å²) in [5.41, 5.74) is 1.06. The number of Topliss-reactive ketones (excluding diaryl/α,β-unsaturated/α-hetero) is 1. The Morgan fingerprint density at radius 2 is 1.79 bits per heavy atom. The maximum atomic E-state index is 12.9. The molecule has 24 heavy (non-hydrogen) atoms. The van der Waals surface area contributed by atoms with Crippen molar-refractivity contribution in [2.24, 2.45) is 0 Å². The number of rotatable bonds is 4. The number of ether oxygens (including phenoxy) is 1. The molecule has 3 rings (SSSR count). The lowest BCUT2D eigenvalue weighted by molar-refractivity contribution is 0.0476. The predicted octanol–water partition coefficient (Wildman–Crippen LogP) is 4.07. The fraction of sp³-hybridized carbons (Fsp3) is 0.0556. The van der Waals surface area contributed by atoms with Gasteiger partial charge in [0, 0.05) is 10.9 Å². The van der Waals surface area contributed by atoms with Crippen LogP contribution in [0.25, 0.3) is 10.9 Å². The van der Waals surface area contributed by atoms with Crippen LogP contribution in [0.2, 0.25) is 5.15 Å². The van der Waals surface area contributed by atoms with E-state index < -0.39 is 24.2 Å². The van der Waals surface area contributed by atoms with E-state index in [1.54, 1.807) is 24.3 Å². The lowest BCUT2D eigenvalue weighted by atomic mass is 10.1. The number of esters is 1. The molecule has 0 saturated carbocycles. The number of pyridine rings is 1. The first-order valence-electron chi connectivity index (χ1n) is 7.06. The normalized spacial score (nSPS) is 10.6. The molecule has 3 aromatic rings. The summed E-state index contributed by atoms with van der Waals surface area (Å²) in [4.78, 5) is 28.4. The first kappa shape index (κ1) is 16.1. The van der Waals surface area contributed by atoms with Gasteiger partial charge in [0.1, 0.15) is 11.0 Å². The van der Waals surface area contributed by atoms with E-state index in [4.69, 9.17) is 16.3 Å². The Hall–Kier alpha value is -2.79. The van der Waals surface area contributed by atoms with Gasteiger partial charge in [-0.2, -0.15) is 0 Å². The molecule has 0 aliphatic rings. The van der Waals surface area contributed by atoms with Crippen LogP contribution in [0.5, 0.6) is 0 Å². The minimum absolute atomic E-state index is 0.158. The molecule has 0 bridgehead atoms. The molecule has 120 valence electrons. The van der Waals surface area contributed by atoms with E-state index in [0.717, 1.165) is 0 Å². The number of fused-ring (bicyclic) bond motifs is 1. The van der Waals surface area contributed by atoms with E-state index in [-0.39, 0.29) is 16.3 Å². The number of carbonyl (C=O) groups is 2. The van der Waals surface area contributed by atoms with Gasteiger partial charge in [0.2, 0.25) is 0 Å². The van der Waals surface area contributed by atoms with Crippen LogP contribution in [0.1, 0.15) is 20.7 Å². The monoisotopic (exact) mass is 343 g/mol. The number of hydrogen-bond acceptors (Lipinski definition) is 4. The number of hydrogen-bond donors (Lipinski definition) is 0. The summed E-state index contributed by atoms with van der Waals surface area (Å²) in [6.07, 6.45) is 0. The molecule has 0 unspecified atom stereocenters. The maximum Gasteiger partial charge on any atom is 0.339 e. The van der Waals surface area contributed by atoms with Crippen molar-refractivity contribution in [2.45, 2.75) is 0 Å². The number of carbonyl (C=O) groups excluding carboxylic acids is 2. The Bertz CT molecular complexity index is 925. The number of benzene rings is 2. The van der Waals surface area contributed by atoms with Crippen LogP contribution < -0.4 is 0 Å². The molecule has 0 saturated heterocycles. The van der Waals surface area contributed by atoms with Gasteiger partial charge in [-0.25, -0.2) is 14.2 Å². The number of nitrogens with zero attached hydrogens (tertiary/aromatic N) is 1. The van der Waals surface area contributed by atoms with E-state index >= 15 is 0 Å². The van der Waals surface area contributed by atoms with Gasteiger partial charge < -0.3 is 4.74 Å². The lowest BCUT2D eigenvalue weighted by Crippen LogP contribution is -2.14. The van der Waals surface area contributed by atoms with Gasteiger partial charge in [0.15, 0.2) is 12.4 Å². The highest BCUT2D eigenvalue weighted by Gasteiger charge is 2.16. The van der Waals surface area contributed by atoms with Crippen molar-refractivity contribution in [3.8, 4) is 0 Å². The molecule has 6 heteroatoms. The van der Waals surface area contributed by atoms with E-state index in [1.165, 1.54) is 30.3 Å². The molecular formula is C18H11ClFNO3. The third kappa shape index (κ3) is 3.41. The highest BCUT2D eigenvalue weighted by Crippen LogP contribution is 2.21. The minimum atomic E-state index is -0.675. The number of halogens is 2. The topological polar surface area (TPSA) is 56.3 Å². The zero-order valence-electron chi connectivity index (χ0n) is 12.3. The largest absolute Gasteiger partial charge is 0.454 e. The minimum Gasteiger partial charge on any atom is -0.454 e. The molecule has 4 nitrogen and oxygen atoms in total. The molecule has 0 N–H and O–H groups in total. The van der Waals surface area contributed by atoms with Crippen molar-refractivity contribution in [3.05, 3.63) is 76.7 Å². The van der Waals surface area contributed by atoms with Crippen molar-refractivity contribution in [1.82, 2.24) is 4.98 Å². The predicted molar refractivity (Wildman–Crippen MR) is 87.8 cm³/mol. The summed E-state index contributed by atoms with van der Waals surface area (Å²) in [6, 6.07) is 13.4. The standard InChI is InChI=1S/C18H11ClFNO3/c19-17-9-14(13-3-1-2-4-15(13)21-17)18(23)24-10-16(22)11-5-7-12(20)8-6-11/h1-9H,10H2. The van der Waals surface area contributed by atoms with Crippen LogP contribution in [0.3, 0.4) is 0 Å². The molecule has 1 aromatic heterocycles. The average Bonchev–Trinajstić information content (AvgIpc) is 2.59. The Morgan fingerprint density at radius 1 is 1.08 bits per heavy atom. The molecule has 1 heterocycles. The van der Waals surface area contributed by atoms with Gasteiger partial charge in [-0.05, 0) is 36.4 Å². The highest BCUT2D eigenvalue weighted by molar-refractivity contribution is 6.30. The molecule has 0 fully saturated rings. The van der Waals surface area contributed by atoms with Crippen LogP contribution >= 0.6 is 11.6 Å². The highest BCUT2D eigenvalue weighted by atomic mass is 35.5. The first-order valence-corrected chi connectivity index (χ1v) is 7.43. The molecule has 0 aliphatic heterocycles. The van der Waals surface area contributed by atoms with Crippen molar-refractivity contribution in [2.75, 3.05) is 6.61 Å². The van der Waals surface area contributed by atoms with Crippen LogP contribution in [0, 0.1) is 5.82 Å². The second-order valence-electron chi connectivity index (χ2n) is 5.02. The SMILES string of the molecule is O=C(COC(=O)c1cc(Cl)nc2ccccc12)c1ccc(F)cc1. The number of para-hydroxylation sites is 1. The number of ketones is 1. The quantitative estimate of drug-likeness (QED) is 0.407. The fourth-order valence-electron chi connectivity index (χ4n) is 2.24. The van der Waals surface area contributed by atoms with E-state index in [9.17, 15) is 14.0 Å². The van der Waals surface area contributed by atoms with Crippen molar-refractivity contribution < 1.29 is 18.7 Å². The molecule has 0 aliphatic carbocycles. The van der Waals surface area contributed by atoms with Gasteiger partial charge in [0.25, 0.3) is 0 Å². The summed E-state index contributed by atoms with van der Waals surface area (Å²) >= 11 is 5.92. The third-order valence-corrected chi connectivity index (χ3v) is 3.60. The summed E-state index contributed by atoms with van der Waals surface area (Å²) in [5.74, 6) is -1.54. The van der Waals surface area contributed by atoms with Crippen LogP contribution in [0.4, 0.5) is 4.39 Å². The maximum absolute atomic E-state index is 12.9. The average molecular weight is 344 g/mol. The molecular weight excluding hydrogens is 333 g/mol. The number of aromatic nitrogens is 1. The van der Waals surface area contributed by atoms with E-state index in [2.05, 4.69) is 4.98 Å². The first-order chi connectivity index (χ1) is 11.5. The lowest BCUT2D eigenvalue weighted by Gasteiger charge is -2.07. The summed E-state index contributed by atoms with van der Waals surface area (Å²) < 4.78 is 17.9. The van der Waals surface area contributed by atoms with Gasteiger partial charge >= 0.3 is 5.97 Å². The van der Waals surface area contributed by atoms with Crippen molar-refractivity contribution in [1.29, 1.82) is 0 Å². The second kappa shape index (κ2) is 6.76. The third-order valence-electron chi connectivity index (χ3n) is 3.41. The van der Waals surface area contributed by atoms with Gasteiger partial charge in [-0.15, -0.1) is 0 Å². The van der Waals surface area contributed by atoms with Gasteiger partial charge in [0.05, 0.1) is 11.1 Å². The molecule has 0 radical (unpaired) electrons. The summed E-state index contributed by atoms with van der Waals surface area (Å²) in [5, 5.41) is 0.742. The van der Waals surface area contributed by atoms with Gasteiger partial charge in [-0.3, -0.25) is 4.79 Å². The van der Waals surface area contributed by atoms with Crippen LogP contribution in [-0.4, -0.2) is 23.3 Å². The fourth-order valence-corrected chi connectivity index (χ4v) is 2.44. The molecule has 0 amide bonds. The van der Waals surface area contributed by atoms with Gasteiger partial charge in [-0.1, -0.05) is 29.8 Å². The second-order valence-corrected chi connectivity index (χ2v) is 5.40. The zero-order valence-corrected chi connectivity index (χ0v) is 13.1. The van der Waals surface area contributed by atoms with Crippen molar-refractivity contribution >= 4 is 34.3 Å². The van der Waals surface area contributed by atoms with Crippen molar-refractivity contribution in [3.63, 3.8) is 0 Å². The molecule has 0 spiro atoms. The summed E-state index contributed by atoms with van der Waals surface area (Å²) in [7, 11) is 0. The summed E-state index contributed by atoms with van der Waals surface area (Å²) in [6.45, 7) is -0.446. The Kier molecular flexibility index (Phi) is 4.53.